The first-order valence-corrected chi connectivity index (χ1v) is 8.26. The van der Waals surface area contributed by atoms with E-state index in [2.05, 4.69) is 26.1 Å². The van der Waals surface area contributed by atoms with Crippen LogP contribution in [0.3, 0.4) is 0 Å². The van der Waals surface area contributed by atoms with Crippen LogP contribution >= 0.6 is 0 Å². The van der Waals surface area contributed by atoms with Crippen molar-refractivity contribution in [3.8, 4) is 0 Å². The molecule has 5 nitrogen and oxygen atoms in total. The summed E-state index contributed by atoms with van der Waals surface area (Å²) < 4.78 is 0. The molecule has 0 bridgehead atoms. The molecule has 1 N–H and O–H groups in total. The van der Waals surface area contributed by atoms with Crippen molar-refractivity contribution in [2.45, 2.75) is 65.7 Å². The third-order valence-corrected chi connectivity index (χ3v) is 3.86. The van der Waals surface area contributed by atoms with Gasteiger partial charge in [0.25, 0.3) is 0 Å². The van der Waals surface area contributed by atoms with Gasteiger partial charge < -0.3 is 15.0 Å². The van der Waals surface area contributed by atoms with E-state index >= 15 is 0 Å². The smallest absolute Gasteiger partial charge is 0.222 e. The molecule has 0 unspecified atom stereocenters. The highest BCUT2D eigenvalue weighted by molar-refractivity contribution is 5.80. The number of aldehydes is 1. The Bertz CT molecular complexity index is 354. The molecule has 0 aromatic heterocycles. The molecule has 5 heteroatoms. The molecule has 0 radical (unpaired) electrons. The van der Waals surface area contributed by atoms with Crippen molar-refractivity contribution in [2.24, 2.45) is 5.41 Å². The van der Waals surface area contributed by atoms with E-state index in [4.69, 9.17) is 0 Å². The Kier molecular flexibility index (Phi) is 10.5. The Morgan fingerprint density at radius 3 is 2.45 bits per heavy atom. The van der Waals surface area contributed by atoms with E-state index < -0.39 is 0 Å². The summed E-state index contributed by atoms with van der Waals surface area (Å²) in [5.41, 5.74) is 0.338. The summed E-state index contributed by atoms with van der Waals surface area (Å²) in [6, 6.07) is 0. The molecule has 22 heavy (non-hydrogen) atoms. The van der Waals surface area contributed by atoms with Crippen LogP contribution in [0.25, 0.3) is 0 Å². The Morgan fingerprint density at radius 2 is 1.86 bits per heavy atom. The summed E-state index contributed by atoms with van der Waals surface area (Å²) in [5.74, 6) is -0.121. The first kappa shape index (κ1) is 20.6. The second kappa shape index (κ2) is 11.2. The van der Waals surface area contributed by atoms with Crippen molar-refractivity contribution in [1.82, 2.24) is 10.2 Å². The van der Waals surface area contributed by atoms with Crippen LogP contribution in [-0.4, -0.2) is 43.1 Å². The molecule has 0 aliphatic rings. The minimum absolute atomic E-state index is 0.0247. The number of amides is 2. The van der Waals surface area contributed by atoms with Crippen molar-refractivity contribution < 1.29 is 14.4 Å². The van der Waals surface area contributed by atoms with E-state index in [0.29, 0.717) is 24.9 Å². The van der Waals surface area contributed by atoms with Gasteiger partial charge in [-0.3, -0.25) is 9.59 Å². The maximum Gasteiger partial charge on any atom is 0.222 e. The van der Waals surface area contributed by atoms with Crippen LogP contribution < -0.4 is 5.32 Å². The lowest BCUT2D eigenvalue weighted by atomic mass is 9.83. The first-order valence-electron chi connectivity index (χ1n) is 8.26. The summed E-state index contributed by atoms with van der Waals surface area (Å²) in [6.45, 7) is 7.80. The highest BCUT2D eigenvalue weighted by Crippen LogP contribution is 2.27. The zero-order valence-corrected chi connectivity index (χ0v) is 14.6. The fraction of sp³-hybridized carbons (Fsp3) is 0.824. The van der Waals surface area contributed by atoms with Gasteiger partial charge in [-0.2, -0.15) is 0 Å². The number of nitrogens with one attached hydrogen (secondary N) is 1. The first-order chi connectivity index (χ1) is 10.3. The van der Waals surface area contributed by atoms with Gasteiger partial charge in [0.05, 0.1) is 0 Å². The molecule has 128 valence electrons. The van der Waals surface area contributed by atoms with E-state index in [1.165, 1.54) is 17.7 Å². The molecule has 0 rings (SSSR count). The van der Waals surface area contributed by atoms with Gasteiger partial charge in [-0.1, -0.05) is 27.2 Å². The van der Waals surface area contributed by atoms with Crippen molar-refractivity contribution >= 4 is 18.1 Å². The predicted molar refractivity (Wildman–Crippen MR) is 88.5 cm³/mol. The van der Waals surface area contributed by atoms with Gasteiger partial charge in [0, 0.05) is 39.4 Å². The van der Waals surface area contributed by atoms with Crippen molar-refractivity contribution in [3.05, 3.63) is 0 Å². The highest BCUT2D eigenvalue weighted by atomic mass is 16.2. The van der Waals surface area contributed by atoms with E-state index in [1.807, 2.05) is 0 Å². The van der Waals surface area contributed by atoms with Crippen LogP contribution in [0.5, 0.6) is 0 Å². The van der Waals surface area contributed by atoms with E-state index in [0.717, 1.165) is 19.1 Å². The molecule has 0 atom stereocenters. The van der Waals surface area contributed by atoms with Crippen LogP contribution in [0.2, 0.25) is 0 Å². The van der Waals surface area contributed by atoms with Gasteiger partial charge >= 0.3 is 0 Å². The molecule has 0 aromatic carbocycles. The summed E-state index contributed by atoms with van der Waals surface area (Å²) in [5, 5.41) is 2.90. The standard InChI is InChI=1S/C17H32N2O3/c1-5-10-17(2,3)11-7-12-18-15(21)9-13-19(4)16(22)8-6-14-20/h14H,5-13H2,1-4H3,(H,18,21). The lowest BCUT2D eigenvalue weighted by Gasteiger charge is -2.23. The SMILES string of the molecule is CCCC(C)(C)CCCNC(=O)CCN(C)C(=O)CCC=O. The summed E-state index contributed by atoms with van der Waals surface area (Å²) in [6.07, 6.45) is 5.97. The Labute approximate surface area is 134 Å². The molecule has 0 spiro atoms. The van der Waals surface area contributed by atoms with Crippen molar-refractivity contribution in [3.63, 3.8) is 0 Å². The zero-order chi connectivity index (χ0) is 17.0. The Morgan fingerprint density at radius 1 is 1.18 bits per heavy atom. The molecule has 0 saturated heterocycles. The molecule has 0 aliphatic heterocycles. The van der Waals surface area contributed by atoms with Crippen molar-refractivity contribution in [1.29, 1.82) is 0 Å². The average molecular weight is 312 g/mol. The molecular weight excluding hydrogens is 280 g/mol. The topological polar surface area (TPSA) is 66.5 Å². The molecule has 0 heterocycles. The molecular formula is C17H32N2O3. The fourth-order valence-electron chi connectivity index (χ4n) is 2.45. The molecule has 0 aliphatic carbocycles. The largest absolute Gasteiger partial charge is 0.356 e. The second-order valence-corrected chi connectivity index (χ2v) is 6.64. The van der Waals surface area contributed by atoms with Crippen LogP contribution in [0.4, 0.5) is 0 Å². The van der Waals surface area contributed by atoms with E-state index in [9.17, 15) is 14.4 Å². The molecule has 2 amide bonds. The van der Waals surface area contributed by atoms with Gasteiger partial charge in [0.2, 0.25) is 11.8 Å². The van der Waals surface area contributed by atoms with Crippen LogP contribution in [0.15, 0.2) is 0 Å². The second-order valence-electron chi connectivity index (χ2n) is 6.64. The highest BCUT2D eigenvalue weighted by Gasteiger charge is 2.16. The van der Waals surface area contributed by atoms with Crippen LogP contribution in [-0.2, 0) is 14.4 Å². The van der Waals surface area contributed by atoms with Crippen LogP contribution in [0, 0.1) is 5.41 Å². The van der Waals surface area contributed by atoms with Crippen LogP contribution in [0.1, 0.15) is 65.7 Å². The predicted octanol–water partition coefficient (Wildman–Crippen LogP) is 2.54. The number of carbonyl (C=O) groups excluding carboxylic acids is 3. The lowest BCUT2D eigenvalue weighted by Crippen LogP contribution is -2.33. The van der Waals surface area contributed by atoms with Gasteiger partial charge in [-0.25, -0.2) is 0 Å². The summed E-state index contributed by atoms with van der Waals surface area (Å²) in [4.78, 5) is 35.0. The minimum Gasteiger partial charge on any atom is -0.356 e. The average Bonchev–Trinajstić information content (AvgIpc) is 2.46. The molecule has 0 aromatic rings. The Hall–Kier alpha value is -1.39. The maximum absolute atomic E-state index is 11.7. The third kappa shape index (κ3) is 10.4. The Balaban J connectivity index is 3.78. The third-order valence-electron chi connectivity index (χ3n) is 3.86. The minimum atomic E-state index is -0.0961. The monoisotopic (exact) mass is 312 g/mol. The molecule has 0 fully saturated rings. The molecule has 0 saturated carbocycles. The summed E-state index contributed by atoms with van der Waals surface area (Å²) >= 11 is 0. The van der Waals surface area contributed by atoms with Gasteiger partial charge in [0.1, 0.15) is 6.29 Å². The number of hydrogen-bond acceptors (Lipinski definition) is 3. The zero-order valence-electron chi connectivity index (χ0n) is 14.6. The number of hydrogen-bond donors (Lipinski definition) is 1. The lowest BCUT2D eigenvalue weighted by molar-refractivity contribution is -0.131. The van der Waals surface area contributed by atoms with Crippen molar-refractivity contribution in [2.75, 3.05) is 20.1 Å². The fourth-order valence-corrected chi connectivity index (χ4v) is 2.45. The van der Waals surface area contributed by atoms with E-state index in [-0.39, 0.29) is 24.7 Å². The van der Waals surface area contributed by atoms with Gasteiger partial charge in [-0.05, 0) is 24.7 Å². The maximum atomic E-state index is 11.7. The van der Waals surface area contributed by atoms with Gasteiger partial charge in [-0.15, -0.1) is 0 Å². The number of rotatable bonds is 12. The number of carbonyl (C=O) groups is 3. The van der Waals surface area contributed by atoms with E-state index in [1.54, 1.807) is 7.05 Å². The van der Waals surface area contributed by atoms with Gasteiger partial charge in [0.15, 0.2) is 0 Å². The normalized spacial score (nSPS) is 11.1. The summed E-state index contributed by atoms with van der Waals surface area (Å²) in [7, 11) is 1.66. The quantitative estimate of drug-likeness (QED) is 0.445. The number of nitrogens with zero attached hydrogens (tertiary/aromatic N) is 1.